The van der Waals surface area contributed by atoms with E-state index in [1.807, 2.05) is 50.4 Å². The van der Waals surface area contributed by atoms with Crippen LogP contribution >= 0.6 is 0 Å². The number of aromatic amines is 1. The number of benzene rings is 1. The number of nitrogens with one attached hydrogen (secondary N) is 1. The van der Waals surface area contributed by atoms with Crippen LogP contribution < -0.4 is 5.56 Å². The van der Waals surface area contributed by atoms with Gasteiger partial charge in [-0.2, -0.15) is 0 Å². The van der Waals surface area contributed by atoms with Gasteiger partial charge in [-0.25, -0.2) is 4.98 Å². The SMILES string of the molecule is CC(C)n1cnc2c(-c3ccccc3)c[nH]c2c1=O. The van der Waals surface area contributed by atoms with E-state index < -0.39 is 0 Å². The van der Waals surface area contributed by atoms with E-state index in [9.17, 15) is 4.79 Å². The molecule has 19 heavy (non-hydrogen) atoms. The fraction of sp³-hybridized carbons (Fsp3) is 0.200. The number of nitrogens with zero attached hydrogens (tertiary/aromatic N) is 2. The van der Waals surface area contributed by atoms with E-state index >= 15 is 0 Å². The van der Waals surface area contributed by atoms with E-state index in [1.165, 1.54) is 0 Å². The Morgan fingerprint density at radius 2 is 1.95 bits per heavy atom. The van der Waals surface area contributed by atoms with E-state index in [1.54, 1.807) is 10.9 Å². The molecule has 1 aromatic carbocycles. The number of rotatable bonds is 2. The maximum absolute atomic E-state index is 12.3. The third kappa shape index (κ3) is 1.85. The molecule has 96 valence electrons. The molecule has 1 N–H and O–H groups in total. The topological polar surface area (TPSA) is 50.7 Å². The van der Waals surface area contributed by atoms with Crippen LogP contribution in [-0.2, 0) is 0 Å². The third-order valence-electron chi connectivity index (χ3n) is 3.25. The number of H-pyrrole nitrogens is 1. The Hall–Kier alpha value is -2.36. The predicted molar refractivity (Wildman–Crippen MR) is 76.2 cm³/mol. The van der Waals surface area contributed by atoms with Gasteiger partial charge in [-0.1, -0.05) is 30.3 Å². The van der Waals surface area contributed by atoms with Crippen molar-refractivity contribution in [1.82, 2.24) is 14.5 Å². The number of hydrogen-bond acceptors (Lipinski definition) is 2. The summed E-state index contributed by atoms with van der Waals surface area (Å²) >= 11 is 0. The monoisotopic (exact) mass is 253 g/mol. The molecule has 0 radical (unpaired) electrons. The van der Waals surface area contributed by atoms with Gasteiger partial charge in [0, 0.05) is 17.8 Å². The van der Waals surface area contributed by atoms with Gasteiger partial charge in [0.05, 0.1) is 6.33 Å². The highest BCUT2D eigenvalue weighted by atomic mass is 16.1. The predicted octanol–water partition coefficient (Wildman–Crippen LogP) is 2.97. The van der Waals surface area contributed by atoms with Gasteiger partial charge >= 0.3 is 0 Å². The minimum Gasteiger partial charge on any atom is -0.355 e. The van der Waals surface area contributed by atoms with Crippen LogP contribution in [0, 0.1) is 0 Å². The van der Waals surface area contributed by atoms with Crippen molar-refractivity contribution in [3.05, 3.63) is 53.2 Å². The zero-order valence-corrected chi connectivity index (χ0v) is 10.9. The van der Waals surface area contributed by atoms with Gasteiger partial charge in [0.25, 0.3) is 5.56 Å². The van der Waals surface area contributed by atoms with E-state index in [0.29, 0.717) is 5.52 Å². The van der Waals surface area contributed by atoms with Crippen molar-refractivity contribution in [3.63, 3.8) is 0 Å². The summed E-state index contributed by atoms with van der Waals surface area (Å²) in [5.74, 6) is 0. The molecule has 4 nitrogen and oxygen atoms in total. The van der Waals surface area contributed by atoms with Gasteiger partial charge in [0.15, 0.2) is 0 Å². The quantitative estimate of drug-likeness (QED) is 0.763. The number of aromatic nitrogens is 3. The Kier molecular flexibility index (Phi) is 2.71. The standard InChI is InChI=1S/C15H15N3O/c1-10(2)18-9-17-13-12(8-16-14(13)15(18)19)11-6-4-3-5-7-11/h3-10,16H,1-2H3. The van der Waals surface area contributed by atoms with Gasteiger partial charge in [-0.3, -0.25) is 9.36 Å². The molecule has 0 unspecified atom stereocenters. The maximum Gasteiger partial charge on any atom is 0.277 e. The Morgan fingerprint density at radius 3 is 2.63 bits per heavy atom. The van der Waals surface area contributed by atoms with Crippen molar-refractivity contribution in [2.45, 2.75) is 19.9 Å². The van der Waals surface area contributed by atoms with Gasteiger partial charge in [-0.05, 0) is 19.4 Å². The summed E-state index contributed by atoms with van der Waals surface area (Å²) in [6, 6.07) is 10.1. The van der Waals surface area contributed by atoms with Crippen LogP contribution in [0.2, 0.25) is 0 Å². The largest absolute Gasteiger partial charge is 0.355 e. The lowest BCUT2D eigenvalue weighted by atomic mass is 10.1. The molecule has 0 bridgehead atoms. The summed E-state index contributed by atoms with van der Waals surface area (Å²) in [4.78, 5) is 19.8. The second kappa shape index (κ2) is 4.39. The molecule has 0 spiro atoms. The van der Waals surface area contributed by atoms with Crippen molar-refractivity contribution in [3.8, 4) is 11.1 Å². The molecule has 0 saturated heterocycles. The van der Waals surface area contributed by atoms with Gasteiger partial charge < -0.3 is 4.98 Å². The summed E-state index contributed by atoms with van der Waals surface area (Å²) < 4.78 is 1.63. The summed E-state index contributed by atoms with van der Waals surface area (Å²) in [6.45, 7) is 3.94. The van der Waals surface area contributed by atoms with Gasteiger partial charge in [-0.15, -0.1) is 0 Å². The second-order valence-electron chi connectivity index (χ2n) is 4.84. The average molecular weight is 253 g/mol. The lowest BCUT2D eigenvalue weighted by Crippen LogP contribution is -2.22. The summed E-state index contributed by atoms with van der Waals surface area (Å²) in [5.41, 5.74) is 3.29. The van der Waals surface area contributed by atoms with Crippen LogP contribution in [0.15, 0.2) is 47.7 Å². The molecule has 0 aliphatic rings. The number of fused-ring (bicyclic) bond motifs is 1. The zero-order chi connectivity index (χ0) is 13.4. The van der Waals surface area contributed by atoms with Crippen molar-refractivity contribution >= 4 is 11.0 Å². The van der Waals surface area contributed by atoms with Crippen LogP contribution in [-0.4, -0.2) is 14.5 Å². The molecule has 4 heteroatoms. The normalized spacial score (nSPS) is 11.3. The maximum atomic E-state index is 12.3. The average Bonchev–Trinajstić information content (AvgIpc) is 2.84. The second-order valence-corrected chi connectivity index (χ2v) is 4.84. The highest BCUT2D eigenvalue weighted by Gasteiger charge is 2.12. The van der Waals surface area contributed by atoms with E-state index in [-0.39, 0.29) is 11.6 Å². The summed E-state index contributed by atoms with van der Waals surface area (Å²) in [5, 5.41) is 0. The molecule has 0 atom stereocenters. The fourth-order valence-electron chi connectivity index (χ4n) is 2.22. The van der Waals surface area contributed by atoms with Crippen molar-refractivity contribution in [2.24, 2.45) is 0 Å². The van der Waals surface area contributed by atoms with Crippen LogP contribution in [0.5, 0.6) is 0 Å². The molecule has 2 aromatic heterocycles. The molecule has 3 rings (SSSR count). The molecule has 0 aliphatic heterocycles. The Morgan fingerprint density at radius 1 is 1.21 bits per heavy atom. The Labute approximate surface area is 110 Å². The van der Waals surface area contributed by atoms with Crippen LogP contribution in [0.4, 0.5) is 0 Å². The van der Waals surface area contributed by atoms with Crippen LogP contribution in [0.25, 0.3) is 22.2 Å². The van der Waals surface area contributed by atoms with Crippen LogP contribution in [0.3, 0.4) is 0 Å². The third-order valence-corrected chi connectivity index (χ3v) is 3.25. The van der Waals surface area contributed by atoms with Crippen molar-refractivity contribution in [1.29, 1.82) is 0 Å². The smallest absolute Gasteiger partial charge is 0.277 e. The first-order valence-corrected chi connectivity index (χ1v) is 6.32. The first kappa shape index (κ1) is 11.7. The number of hydrogen-bond donors (Lipinski definition) is 1. The first-order chi connectivity index (χ1) is 9.18. The molecule has 0 saturated carbocycles. The summed E-state index contributed by atoms with van der Waals surface area (Å²) in [6.07, 6.45) is 3.47. The molecule has 2 heterocycles. The lowest BCUT2D eigenvalue weighted by Gasteiger charge is -2.08. The molecule has 3 aromatic rings. The molecule has 0 aliphatic carbocycles. The fourth-order valence-corrected chi connectivity index (χ4v) is 2.22. The summed E-state index contributed by atoms with van der Waals surface area (Å²) in [7, 11) is 0. The van der Waals surface area contributed by atoms with Crippen LogP contribution in [0.1, 0.15) is 19.9 Å². The molecule has 0 fully saturated rings. The molecular weight excluding hydrogens is 238 g/mol. The highest BCUT2D eigenvalue weighted by Crippen LogP contribution is 2.25. The van der Waals surface area contributed by atoms with Crippen molar-refractivity contribution in [2.75, 3.05) is 0 Å². The highest BCUT2D eigenvalue weighted by molar-refractivity contribution is 5.91. The Bertz CT molecular complexity index is 769. The first-order valence-electron chi connectivity index (χ1n) is 6.32. The lowest BCUT2D eigenvalue weighted by molar-refractivity contribution is 0.573. The minimum absolute atomic E-state index is 0.0258. The Balaban J connectivity index is 2.27. The van der Waals surface area contributed by atoms with Gasteiger partial charge in [0.1, 0.15) is 11.0 Å². The van der Waals surface area contributed by atoms with Gasteiger partial charge in [0.2, 0.25) is 0 Å². The zero-order valence-electron chi connectivity index (χ0n) is 10.9. The molecular formula is C15H15N3O. The van der Waals surface area contributed by atoms with E-state index in [0.717, 1.165) is 16.6 Å². The molecule has 0 amide bonds. The van der Waals surface area contributed by atoms with E-state index in [4.69, 9.17) is 0 Å². The van der Waals surface area contributed by atoms with E-state index in [2.05, 4.69) is 9.97 Å². The minimum atomic E-state index is -0.0258. The van der Waals surface area contributed by atoms with Crippen molar-refractivity contribution < 1.29 is 0 Å².